The molecule has 1 aromatic carbocycles. The summed E-state index contributed by atoms with van der Waals surface area (Å²) in [5.74, 6) is 0.777. The van der Waals surface area contributed by atoms with Gasteiger partial charge in [-0.2, -0.15) is 0 Å². The lowest BCUT2D eigenvalue weighted by Crippen LogP contribution is -2.56. The highest BCUT2D eigenvalue weighted by Gasteiger charge is 2.27. The molecule has 2 N–H and O–H groups in total. The van der Waals surface area contributed by atoms with Gasteiger partial charge in [-0.1, -0.05) is 11.6 Å². The number of methoxy groups -OCH3 is 1. The second-order valence-corrected chi connectivity index (χ2v) is 5.71. The summed E-state index contributed by atoms with van der Waals surface area (Å²) in [4.78, 5) is 16.3. The number of piperazine rings is 1. The Morgan fingerprint density at radius 1 is 1.45 bits per heavy atom. The standard InChI is InChI=1S/C15H23ClN4O2/c1-11-10-19(6-7-20(11)15(21)9-18-17-2)12-4-5-13(16)14(8-12)22-3/h4-5,8,11,17-18H,6-7,9-10H2,1-3H3/t11-/m0/s1. The Morgan fingerprint density at radius 2 is 2.23 bits per heavy atom. The molecule has 0 aliphatic carbocycles. The lowest BCUT2D eigenvalue weighted by atomic mass is 10.1. The molecule has 1 saturated heterocycles. The van der Waals surface area contributed by atoms with Gasteiger partial charge in [0.2, 0.25) is 5.91 Å². The van der Waals surface area contributed by atoms with Crippen LogP contribution in [-0.2, 0) is 4.79 Å². The lowest BCUT2D eigenvalue weighted by Gasteiger charge is -2.41. The van der Waals surface area contributed by atoms with E-state index in [9.17, 15) is 4.79 Å². The third-order valence-electron chi connectivity index (χ3n) is 3.86. The lowest BCUT2D eigenvalue weighted by molar-refractivity contribution is -0.132. The van der Waals surface area contributed by atoms with Gasteiger partial charge in [0.25, 0.3) is 0 Å². The van der Waals surface area contributed by atoms with E-state index in [1.165, 1.54) is 0 Å². The topological polar surface area (TPSA) is 56.8 Å². The second kappa shape index (κ2) is 7.67. The molecule has 1 atom stereocenters. The molecule has 122 valence electrons. The van der Waals surface area contributed by atoms with E-state index in [2.05, 4.69) is 22.7 Å². The van der Waals surface area contributed by atoms with Crippen LogP contribution in [0.1, 0.15) is 6.92 Å². The van der Waals surface area contributed by atoms with E-state index in [0.29, 0.717) is 23.9 Å². The average molecular weight is 327 g/mol. The predicted octanol–water partition coefficient (Wildman–Crippen LogP) is 1.11. The summed E-state index contributed by atoms with van der Waals surface area (Å²) in [6.07, 6.45) is 0. The Kier molecular flexibility index (Phi) is 5.88. The molecule has 1 aliphatic heterocycles. The summed E-state index contributed by atoms with van der Waals surface area (Å²) in [5.41, 5.74) is 6.68. The molecule has 0 spiro atoms. The summed E-state index contributed by atoms with van der Waals surface area (Å²) >= 11 is 6.07. The zero-order valence-electron chi connectivity index (χ0n) is 13.2. The maximum absolute atomic E-state index is 12.1. The number of nitrogens with one attached hydrogen (secondary N) is 2. The smallest absolute Gasteiger partial charge is 0.238 e. The first-order valence-electron chi connectivity index (χ1n) is 7.34. The van der Waals surface area contributed by atoms with Crippen molar-refractivity contribution in [2.24, 2.45) is 0 Å². The summed E-state index contributed by atoms with van der Waals surface area (Å²) in [5, 5.41) is 0.603. The van der Waals surface area contributed by atoms with E-state index in [4.69, 9.17) is 16.3 Å². The van der Waals surface area contributed by atoms with Crippen LogP contribution in [0.25, 0.3) is 0 Å². The van der Waals surface area contributed by atoms with Crippen LogP contribution in [0.4, 0.5) is 5.69 Å². The predicted molar refractivity (Wildman–Crippen MR) is 88.5 cm³/mol. The fourth-order valence-corrected chi connectivity index (χ4v) is 2.87. The van der Waals surface area contributed by atoms with Crippen molar-refractivity contribution in [3.8, 4) is 5.75 Å². The van der Waals surface area contributed by atoms with Crippen LogP contribution in [0.3, 0.4) is 0 Å². The molecule has 1 heterocycles. The molecule has 0 saturated carbocycles. The van der Waals surface area contributed by atoms with E-state index >= 15 is 0 Å². The van der Waals surface area contributed by atoms with Crippen molar-refractivity contribution in [1.82, 2.24) is 15.8 Å². The van der Waals surface area contributed by atoms with Gasteiger partial charge in [-0.3, -0.25) is 10.2 Å². The van der Waals surface area contributed by atoms with E-state index in [0.717, 1.165) is 18.8 Å². The maximum Gasteiger partial charge on any atom is 0.238 e. The minimum Gasteiger partial charge on any atom is -0.495 e. The molecule has 0 bridgehead atoms. The average Bonchev–Trinajstić information content (AvgIpc) is 2.53. The Bertz CT molecular complexity index is 526. The molecule has 1 aromatic rings. The number of benzene rings is 1. The van der Waals surface area contributed by atoms with Crippen molar-refractivity contribution in [1.29, 1.82) is 0 Å². The molecule has 7 heteroatoms. The number of hydrazine groups is 1. The molecule has 1 amide bonds. The Morgan fingerprint density at radius 3 is 2.86 bits per heavy atom. The van der Waals surface area contributed by atoms with Gasteiger partial charge >= 0.3 is 0 Å². The normalized spacial score (nSPS) is 18.5. The van der Waals surface area contributed by atoms with Crippen LogP contribution in [0.15, 0.2) is 18.2 Å². The number of nitrogens with zero attached hydrogens (tertiary/aromatic N) is 2. The quantitative estimate of drug-likeness (QED) is 0.794. The maximum atomic E-state index is 12.1. The van der Waals surface area contributed by atoms with Crippen LogP contribution in [0.5, 0.6) is 5.75 Å². The Labute approximate surface area is 136 Å². The number of carbonyl (C=O) groups is 1. The first-order valence-corrected chi connectivity index (χ1v) is 7.72. The van der Waals surface area contributed by atoms with E-state index in [1.807, 2.05) is 23.1 Å². The van der Waals surface area contributed by atoms with E-state index in [-0.39, 0.29) is 11.9 Å². The molecule has 2 rings (SSSR count). The highest BCUT2D eigenvalue weighted by atomic mass is 35.5. The molecule has 1 aliphatic rings. The first kappa shape index (κ1) is 16.9. The van der Waals surface area contributed by atoms with Crippen LogP contribution in [0, 0.1) is 0 Å². The molecule has 6 nitrogen and oxygen atoms in total. The number of anilines is 1. The van der Waals surface area contributed by atoms with Gasteiger partial charge < -0.3 is 14.5 Å². The minimum absolute atomic E-state index is 0.107. The molecule has 0 radical (unpaired) electrons. The largest absolute Gasteiger partial charge is 0.495 e. The van der Waals surface area contributed by atoms with Crippen molar-refractivity contribution in [2.75, 3.05) is 45.2 Å². The van der Waals surface area contributed by atoms with Gasteiger partial charge in [-0.25, -0.2) is 5.43 Å². The monoisotopic (exact) mass is 326 g/mol. The molecule has 22 heavy (non-hydrogen) atoms. The van der Waals surface area contributed by atoms with Crippen LogP contribution >= 0.6 is 11.6 Å². The van der Waals surface area contributed by atoms with E-state index in [1.54, 1.807) is 14.2 Å². The molecule has 0 unspecified atom stereocenters. The number of halogens is 1. The zero-order chi connectivity index (χ0) is 16.1. The molecular weight excluding hydrogens is 304 g/mol. The first-order chi connectivity index (χ1) is 10.6. The van der Waals surface area contributed by atoms with Gasteiger partial charge in [-0.15, -0.1) is 0 Å². The van der Waals surface area contributed by atoms with Gasteiger partial charge in [0, 0.05) is 37.4 Å². The van der Waals surface area contributed by atoms with Gasteiger partial charge in [0.05, 0.1) is 18.7 Å². The highest BCUT2D eigenvalue weighted by molar-refractivity contribution is 6.32. The molecule has 1 fully saturated rings. The van der Waals surface area contributed by atoms with Crippen molar-refractivity contribution < 1.29 is 9.53 Å². The number of amides is 1. The van der Waals surface area contributed by atoms with E-state index < -0.39 is 0 Å². The van der Waals surface area contributed by atoms with Crippen LogP contribution in [0.2, 0.25) is 5.02 Å². The second-order valence-electron chi connectivity index (χ2n) is 5.30. The molecule has 0 aromatic heterocycles. The summed E-state index contributed by atoms with van der Waals surface area (Å²) in [6, 6.07) is 5.92. The highest BCUT2D eigenvalue weighted by Crippen LogP contribution is 2.30. The third-order valence-corrected chi connectivity index (χ3v) is 4.18. The SMILES string of the molecule is CNNCC(=O)N1CCN(c2ccc(Cl)c(OC)c2)C[C@@H]1C. The molecular formula is C15H23ClN4O2. The van der Waals surface area contributed by atoms with Gasteiger partial charge in [0.1, 0.15) is 5.75 Å². The van der Waals surface area contributed by atoms with Crippen molar-refractivity contribution in [3.05, 3.63) is 23.2 Å². The fourth-order valence-electron chi connectivity index (χ4n) is 2.67. The minimum atomic E-state index is 0.107. The Balaban J connectivity index is 2.02. The number of rotatable bonds is 5. The van der Waals surface area contributed by atoms with Crippen molar-refractivity contribution in [3.63, 3.8) is 0 Å². The number of hydrogen-bond acceptors (Lipinski definition) is 5. The van der Waals surface area contributed by atoms with Gasteiger partial charge in [0.15, 0.2) is 0 Å². The fraction of sp³-hybridized carbons (Fsp3) is 0.533. The number of hydrogen-bond donors (Lipinski definition) is 2. The van der Waals surface area contributed by atoms with Crippen LogP contribution in [-0.4, -0.2) is 57.2 Å². The van der Waals surface area contributed by atoms with Crippen molar-refractivity contribution in [2.45, 2.75) is 13.0 Å². The Hall–Kier alpha value is -1.50. The van der Waals surface area contributed by atoms with Crippen molar-refractivity contribution >= 4 is 23.2 Å². The number of carbonyl (C=O) groups excluding carboxylic acids is 1. The third kappa shape index (κ3) is 3.82. The van der Waals surface area contributed by atoms with Crippen LogP contribution < -0.4 is 20.5 Å². The summed E-state index contributed by atoms with van der Waals surface area (Å²) in [7, 11) is 3.36. The summed E-state index contributed by atoms with van der Waals surface area (Å²) in [6.45, 7) is 4.65. The number of ether oxygens (including phenoxy) is 1. The summed E-state index contributed by atoms with van der Waals surface area (Å²) < 4.78 is 5.27. The zero-order valence-corrected chi connectivity index (χ0v) is 14.0. The van der Waals surface area contributed by atoms with Gasteiger partial charge in [-0.05, 0) is 26.1 Å².